The van der Waals surface area contributed by atoms with Gasteiger partial charge in [-0.3, -0.25) is 4.79 Å². The molecule has 4 aliphatic rings. The van der Waals surface area contributed by atoms with Crippen LogP contribution in [0, 0.1) is 16.7 Å². The van der Waals surface area contributed by atoms with E-state index in [1.807, 2.05) is 6.07 Å². The fourth-order valence-corrected chi connectivity index (χ4v) is 6.11. The highest BCUT2D eigenvalue weighted by atomic mass is 16.2. The summed E-state index contributed by atoms with van der Waals surface area (Å²) < 4.78 is 0. The van der Waals surface area contributed by atoms with Crippen molar-refractivity contribution >= 4 is 23.4 Å². The van der Waals surface area contributed by atoms with Gasteiger partial charge in [0, 0.05) is 48.8 Å². The van der Waals surface area contributed by atoms with Gasteiger partial charge in [0.25, 0.3) is 0 Å². The van der Waals surface area contributed by atoms with Crippen LogP contribution in [0.25, 0.3) is 0 Å². The lowest BCUT2D eigenvalue weighted by atomic mass is 9.66. The molecule has 0 radical (unpaired) electrons. The number of anilines is 3. The average molecular weight is 444 g/mol. The summed E-state index contributed by atoms with van der Waals surface area (Å²) in [6.45, 7) is 7.52. The Balaban J connectivity index is 1.34. The predicted octanol–water partition coefficient (Wildman–Crippen LogP) is 3.15. The van der Waals surface area contributed by atoms with E-state index < -0.39 is 0 Å². The summed E-state index contributed by atoms with van der Waals surface area (Å²) in [7, 11) is 0. The van der Waals surface area contributed by atoms with E-state index in [0.29, 0.717) is 5.56 Å². The van der Waals surface area contributed by atoms with Gasteiger partial charge in [-0.1, -0.05) is 20.3 Å². The second kappa shape index (κ2) is 7.14. The number of carbonyl (C=O) groups excluding carboxylic acids is 1. The van der Waals surface area contributed by atoms with Gasteiger partial charge in [-0.25, -0.2) is 15.0 Å². The van der Waals surface area contributed by atoms with Crippen LogP contribution in [-0.2, 0) is 10.2 Å². The van der Waals surface area contributed by atoms with Gasteiger partial charge in [0.1, 0.15) is 23.8 Å². The van der Waals surface area contributed by atoms with Crippen molar-refractivity contribution in [2.75, 3.05) is 36.0 Å². The first-order valence-electron chi connectivity index (χ1n) is 12.0. The maximum absolute atomic E-state index is 12.9. The molecule has 2 aromatic heterocycles. The largest absolute Gasteiger partial charge is 0.354 e. The molecule has 1 atom stereocenters. The first kappa shape index (κ1) is 20.4. The second-order valence-corrected chi connectivity index (χ2v) is 10.7. The molecule has 170 valence electrons. The molecule has 3 aliphatic heterocycles. The van der Waals surface area contributed by atoms with Gasteiger partial charge >= 0.3 is 0 Å². The minimum absolute atomic E-state index is 0.0415. The summed E-state index contributed by atoms with van der Waals surface area (Å²) in [6, 6.07) is 6.04. The van der Waals surface area contributed by atoms with E-state index in [-0.39, 0.29) is 22.8 Å². The fourth-order valence-electron chi connectivity index (χ4n) is 6.11. The molecule has 8 heteroatoms. The van der Waals surface area contributed by atoms with Crippen molar-refractivity contribution in [3.63, 3.8) is 0 Å². The molecule has 1 aliphatic carbocycles. The second-order valence-electron chi connectivity index (χ2n) is 10.7. The van der Waals surface area contributed by atoms with E-state index in [4.69, 9.17) is 9.97 Å². The summed E-state index contributed by atoms with van der Waals surface area (Å²) in [5.74, 6) is 3.00. The number of hydrogen-bond acceptors (Lipinski definition) is 7. The van der Waals surface area contributed by atoms with Gasteiger partial charge in [0.2, 0.25) is 5.91 Å². The number of nitriles is 1. The van der Waals surface area contributed by atoms with E-state index in [2.05, 4.69) is 39.6 Å². The van der Waals surface area contributed by atoms with Crippen LogP contribution in [0.4, 0.5) is 17.5 Å². The zero-order chi connectivity index (χ0) is 22.8. The van der Waals surface area contributed by atoms with E-state index >= 15 is 0 Å². The number of aromatic nitrogens is 3. The topological polar surface area (TPSA) is 89.2 Å². The van der Waals surface area contributed by atoms with Gasteiger partial charge in [-0.15, -0.1) is 0 Å². The number of amides is 1. The highest BCUT2D eigenvalue weighted by Crippen LogP contribution is 2.56. The fraction of sp³-hybridized carbons (Fsp3) is 0.560. The molecular formula is C25H29N7O. The molecule has 1 unspecified atom stereocenters. The number of carbonyl (C=O) groups is 1. The Hall–Kier alpha value is -3.21. The van der Waals surface area contributed by atoms with Gasteiger partial charge in [-0.05, 0) is 37.8 Å². The Morgan fingerprint density at radius 3 is 2.64 bits per heavy atom. The van der Waals surface area contributed by atoms with Crippen LogP contribution in [0.15, 0.2) is 24.7 Å². The highest BCUT2D eigenvalue weighted by molar-refractivity contribution is 5.84. The standard InChI is InChI=1S/C25H29N7O/c1-24(2)8-11-31(23(24)33)18-5-10-30(14-18)21-20-22(29-16-28-21)32(15-25(20)6-3-7-25)19-12-17(13-26)4-9-27-19/h4,9,12,16,18H,3,5-8,10-11,14-15H2,1-2H3. The summed E-state index contributed by atoms with van der Waals surface area (Å²) in [5, 5.41) is 9.36. The zero-order valence-electron chi connectivity index (χ0n) is 19.3. The molecule has 6 rings (SSSR count). The third-order valence-electron chi connectivity index (χ3n) is 8.24. The van der Waals surface area contributed by atoms with Crippen molar-refractivity contribution in [3.05, 3.63) is 35.8 Å². The number of rotatable bonds is 3. The number of pyridine rings is 1. The predicted molar refractivity (Wildman–Crippen MR) is 124 cm³/mol. The SMILES string of the molecule is CC1(C)CCN(C2CCN(c3ncnc4c3C3(CCC3)CN4c3cc(C#N)ccn3)C2)C1=O. The van der Waals surface area contributed by atoms with Crippen LogP contribution in [-0.4, -0.2) is 58.0 Å². The molecule has 1 spiro atoms. The third-order valence-corrected chi connectivity index (χ3v) is 8.24. The number of nitrogens with zero attached hydrogens (tertiary/aromatic N) is 7. The van der Waals surface area contributed by atoms with Crippen molar-refractivity contribution in [1.29, 1.82) is 5.26 Å². The molecule has 5 heterocycles. The summed E-state index contributed by atoms with van der Waals surface area (Å²) >= 11 is 0. The molecule has 1 amide bonds. The number of hydrogen-bond donors (Lipinski definition) is 0. The summed E-state index contributed by atoms with van der Waals surface area (Å²) in [4.78, 5) is 33.6. The van der Waals surface area contributed by atoms with Crippen LogP contribution in [0.2, 0.25) is 0 Å². The third kappa shape index (κ3) is 3.01. The minimum atomic E-state index is -0.245. The molecule has 33 heavy (non-hydrogen) atoms. The minimum Gasteiger partial charge on any atom is -0.354 e. The average Bonchev–Trinajstić information content (AvgIpc) is 3.48. The Labute approximate surface area is 194 Å². The normalized spacial score (nSPS) is 24.8. The van der Waals surface area contributed by atoms with Crippen LogP contribution in [0.1, 0.15) is 57.1 Å². The van der Waals surface area contributed by atoms with Crippen molar-refractivity contribution in [3.8, 4) is 6.07 Å². The van der Waals surface area contributed by atoms with E-state index in [0.717, 1.165) is 69.3 Å². The van der Waals surface area contributed by atoms with Crippen molar-refractivity contribution in [1.82, 2.24) is 19.9 Å². The molecule has 0 N–H and O–H groups in total. The van der Waals surface area contributed by atoms with E-state index in [9.17, 15) is 10.1 Å². The quantitative estimate of drug-likeness (QED) is 0.720. The van der Waals surface area contributed by atoms with Gasteiger partial charge in [0.15, 0.2) is 0 Å². The van der Waals surface area contributed by atoms with E-state index in [1.165, 1.54) is 12.0 Å². The molecule has 3 fully saturated rings. The highest BCUT2D eigenvalue weighted by Gasteiger charge is 2.52. The van der Waals surface area contributed by atoms with Crippen molar-refractivity contribution < 1.29 is 4.79 Å². The number of fused-ring (bicyclic) bond motifs is 2. The lowest BCUT2D eigenvalue weighted by Crippen LogP contribution is -2.42. The Morgan fingerprint density at radius 2 is 1.94 bits per heavy atom. The Kier molecular flexibility index (Phi) is 4.42. The van der Waals surface area contributed by atoms with Gasteiger partial charge in [0.05, 0.1) is 17.7 Å². The van der Waals surface area contributed by atoms with Crippen molar-refractivity contribution in [2.24, 2.45) is 5.41 Å². The summed E-state index contributed by atoms with van der Waals surface area (Å²) in [5.41, 5.74) is 1.63. The maximum atomic E-state index is 12.9. The molecular weight excluding hydrogens is 414 g/mol. The molecule has 1 saturated carbocycles. The monoisotopic (exact) mass is 443 g/mol. The van der Waals surface area contributed by atoms with Gasteiger partial charge < -0.3 is 14.7 Å². The summed E-state index contributed by atoms with van der Waals surface area (Å²) in [6.07, 6.45) is 8.69. The van der Waals surface area contributed by atoms with Crippen LogP contribution >= 0.6 is 0 Å². The van der Waals surface area contributed by atoms with Crippen LogP contribution in [0.5, 0.6) is 0 Å². The van der Waals surface area contributed by atoms with Gasteiger partial charge in [-0.2, -0.15) is 5.26 Å². The first-order valence-corrected chi connectivity index (χ1v) is 12.0. The molecule has 8 nitrogen and oxygen atoms in total. The van der Waals surface area contributed by atoms with Crippen LogP contribution < -0.4 is 9.80 Å². The maximum Gasteiger partial charge on any atom is 0.228 e. The lowest BCUT2D eigenvalue weighted by molar-refractivity contribution is -0.136. The smallest absolute Gasteiger partial charge is 0.228 e. The molecule has 2 saturated heterocycles. The molecule has 2 aromatic rings. The zero-order valence-corrected chi connectivity index (χ0v) is 19.3. The van der Waals surface area contributed by atoms with Crippen LogP contribution in [0.3, 0.4) is 0 Å². The first-order chi connectivity index (χ1) is 15.9. The Morgan fingerprint density at radius 1 is 1.12 bits per heavy atom. The lowest BCUT2D eigenvalue weighted by Gasteiger charge is -2.40. The molecule has 0 bridgehead atoms. The van der Waals surface area contributed by atoms with Crippen molar-refractivity contribution in [2.45, 2.75) is 57.4 Å². The Bertz CT molecular complexity index is 1170. The number of likely N-dealkylation sites (tertiary alicyclic amines) is 1. The van der Waals surface area contributed by atoms with E-state index in [1.54, 1.807) is 18.6 Å². The molecule has 0 aromatic carbocycles.